The predicted octanol–water partition coefficient (Wildman–Crippen LogP) is 4.33. The number of para-hydroxylation sites is 1. The van der Waals surface area contributed by atoms with E-state index in [0.717, 1.165) is 22.7 Å². The lowest BCUT2D eigenvalue weighted by Gasteiger charge is -2.27. The first-order valence-electron chi connectivity index (χ1n) is 7.09. The molecule has 3 nitrogen and oxygen atoms in total. The fourth-order valence-electron chi connectivity index (χ4n) is 2.17. The minimum absolute atomic E-state index is 0.0772. The molecule has 0 fully saturated rings. The Hall–Kier alpha value is -2.16. The van der Waals surface area contributed by atoms with Gasteiger partial charge >= 0.3 is 0 Å². The average molecular weight is 282 g/mol. The highest BCUT2D eigenvalue weighted by Crippen LogP contribution is 2.33. The molecule has 0 bridgehead atoms. The number of aliphatic imine (C=N–C) groups is 1. The number of hydrogen-bond acceptors (Lipinski definition) is 2. The van der Waals surface area contributed by atoms with Crippen molar-refractivity contribution in [2.24, 2.45) is 10.4 Å². The van der Waals surface area contributed by atoms with Gasteiger partial charge in [0.05, 0.1) is 5.69 Å². The summed E-state index contributed by atoms with van der Waals surface area (Å²) in [5, 5.41) is 0. The van der Waals surface area contributed by atoms with Gasteiger partial charge in [-0.2, -0.15) is 0 Å². The lowest BCUT2D eigenvalue weighted by Crippen LogP contribution is -2.39. The van der Waals surface area contributed by atoms with Gasteiger partial charge in [-0.25, -0.2) is 4.99 Å². The van der Waals surface area contributed by atoms with Crippen molar-refractivity contribution in [2.75, 3.05) is 4.90 Å². The molecule has 0 unspecified atom stereocenters. The summed E-state index contributed by atoms with van der Waals surface area (Å²) in [4.78, 5) is 19.2. The van der Waals surface area contributed by atoms with Crippen molar-refractivity contribution in [1.29, 1.82) is 0 Å². The van der Waals surface area contributed by atoms with Gasteiger partial charge < -0.3 is 0 Å². The van der Waals surface area contributed by atoms with E-state index in [1.165, 1.54) is 0 Å². The van der Waals surface area contributed by atoms with Crippen LogP contribution in [0.25, 0.3) is 0 Å². The first-order valence-corrected chi connectivity index (χ1v) is 7.09. The Kier molecular flexibility index (Phi) is 3.86. The van der Waals surface area contributed by atoms with E-state index in [9.17, 15) is 4.79 Å². The summed E-state index contributed by atoms with van der Waals surface area (Å²) < 4.78 is 0. The van der Waals surface area contributed by atoms with Crippen molar-refractivity contribution in [3.63, 3.8) is 0 Å². The molecule has 0 atom stereocenters. The van der Waals surface area contributed by atoms with E-state index >= 15 is 0 Å². The number of amidine groups is 1. The lowest BCUT2D eigenvalue weighted by atomic mass is 9.94. The van der Waals surface area contributed by atoms with E-state index in [2.05, 4.69) is 32.3 Å². The summed E-state index contributed by atoms with van der Waals surface area (Å²) in [6.45, 7) is 13.9. The fourth-order valence-corrected chi connectivity index (χ4v) is 2.17. The molecule has 1 heterocycles. The average Bonchev–Trinajstić information content (AvgIpc) is 2.76. The Balaban J connectivity index is 2.61. The number of carbonyl (C=O) groups is 1. The highest BCUT2D eigenvalue weighted by molar-refractivity contribution is 6.29. The third-order valence-corrected chi connectivity index (χ3v) is 3.52. The monoisotopic (exact) mass is 282 g/mol. The quantitative estimate of drug-likeness (QED) is 0.743. The molecule has 1 aliphatic rings. The van der Waals surface area contributed by atoms with E-state index in [-0.39, 0.29) is 11.3 Å². The van der Waals surface area contributed by atoms with E-state index in [1.54, 1.807) is 4.90 Å². The Morgan fingerprint density at radius 1 is 1.14 bits per heavy atom. The van der Waals surface area contributed by atoms with Gasteiger partial charge in [0.1, 0.15) is 11.5 Å². The maximum absolute atomic E-state index is 12.8. The van der Waals surface area contributed by atoms with Crippen LogP contribution >= 0.6 is 0 Å². The van der Waals surface area contributed by atoms with Crippen molar-refractivity contribution in [1.82, 2.24) is 0 Å². The standard InChI is InChI=1S/C18H22N2O/c1-12(2)13(3)15-16(21)20(14-10-8-7-9-11-14)17(19-15)18(4,5)6/h7-11H,1H2,2-6H3/b15-13+. The largest absolute Gasteiger partial charge is 0.282 e. The first-order chi connectivity index (χ1) is 9.73. The fraction of sp³-hybridized carbons (Fsp3) is 0.333. The molecule has 1 aromatic carbocycles. The highest BCUT2D eigenvalue weighted by atomic mass is 16.2. The number of allylic oxidation sites excluding steroid dienone is 2. The second-order valence-electron chi connectivity index (χ2n) is 6.42. The highest BCUT2D eigenvalue weighted by Gasteiger charge is 2.38. The summed E-state index contributed by atoms with van der Waals surface area (Å²) in [5.41, 5.74) is 2.84. The van der Waals surface area contributed by atoms with Crippen molar-refractivity contribution < 1.29 is 4.79 Å². The van der Waals surface area contributed by atoms with Crippen LogP contribution in [0.3, 0.4) is 0 Å². The summed E-state index contributed by atoms with van der Waals surface area (Å²) in [6.07, 6.45) is 0. The third kappa shape index (κ3) is 2.82. The predicted molar refractivity (Wildman–Crippen MR) is 88.3 cm³/mol. The molecular formula is C18H22N2O. The van der Waals surface area contributed by atoms with Crippen molar-refractivity contribution in [3.8, 4) is 0 Å². The molecule has 0 radical (unpaired) electrons. The number of rotatable bonds is 2. The van der Waals surface area contributed by atoms with Crippen LogP contribution in [-0.2, 0) is 4.79 Å². The van der Waals surface area contributed by atoms with E-state index in [0.29, 0.717) is 5.70 Å². The van der Waals surface area contributed by atoms with Gasteiger partial charge in [-0.3, -0.25) is 9.69 Å². The molecular weight excluding hydrogens is 260 g/mol. The van der Waals surface area contributed by atoms with Gasteiger partial charge in [-0.05, 0) is 31.6 Å². The third-order valence-electron chi connectivity index (χ3n) is 3.52. The molecule has 3 heteroatoms. The first kappa shape index (κ1) is 15.2. The molecule has 110 valence electrons. The zero-order valence-corrected chi connectivity index (χ0v) is 13.4. The van der Waals surface area contributed by atoms with Gasteiger partial charge in [0, 0.05) is 5.41 Å². The number of anilines is 1. The molecule has 21 heavy (non-hydrogen) atoms. The van der Waals surface area contributed by atoms with Gasteiger partial charge in [0.2, 0.25) is 0 Å². The number of hydrogen-bond donors (Lipinski definition) is 0. The van der Waals surface area contributed by atoms with Crippen LogP contribution in [-0.4, -0.2) is 11.7 Å². The van der Waals surface area contributed by atoms with Crippen LogP contribution < -0.4 is 4.90 Å². The van der Waals surface area contributed by atoms with E-state index in [1.807, 2.05) is 44.2 Å². The van der Waals surface area contributed by atoms with E-state index < -0.39 is 0 Å². The second-order valence-corrected chi connectivity index (χ2v) is 6.42. The number of benzene rings is 1. The Labute approximate surface area is 126 Å². The van der Waals surface area contributed by atoms with Crippen LogP contribution in [0, 0.1) is 5.41 Å². The minimum atomic E-state index is -0.220. The Bertz CT molecular complexity index is 646. The minimum Gasteiger partial charge on any atom is -0.266 e. The Morgan fingerprint density at radius 2 is 1.71 bits per heavy atom. The van der Waals surface area contributed by atoms with Crippen molar-refractivity contribution in [3.05, 3.63) is 53.8 Å². The number of carbonyl (C=O) groups excluding carboxylic acids is 1. The van der Waals surface area contributed by atoms with Crippen molar-refractivity contribution >= 4 is 17.4 Å². The second kappa shape index (κ2) is 5.32. The van der Waals surface area contributed by atoms with Crippen LogP contribution in [0.2, 0.25) is 0 Å². The van der Waals surface area contributed by atoms with Crippen LogP contribution in [0.15, 0.2) is 58.7 Å². The molecule has 0 saturated carbocycles. The molecule has 0 spiro atoms. The normalized spacial score (nSPS) is 17.9. The van der Waals surface area contributed by atoms with Gasteiger partial charge in [-0.1, -0.05) is 51.1 Å². The van der Waals surface area contributed by atoms with Gasteiger partial charge in [0.25, 0.3) is 5.91 Å². The summed E-state index contributed by atoms with van der Waals surface area (Å²) in [6, 6.07) is 9.65. The number of nitrogens with zero attached hydrogens (tertiary/aromatic N) is 2. The zero-order chi connectivity index (χ0) is 15.8. The smallest absolute Gasteiger partial charge is 0.266 e. The molecule has 0 aliphatic carbocycles. The summed E-state index contributed by atoms with van der Waals surface area (Å²) >= 11 is 0. The molecule has 1 amide bonds. The molecule has 0 aromatic heterocycles. The van der Waals surface area contributed by atoms with Crippen LogP contribution in [0.1, 0.15) is 34.6 Å². The van der Waals surface area contributed by atoms with Gasteiger partial charge in [0.15, 0.2) is 0 Å². The SMILES string of the molecule is C=C(C)/C(C)=C1/N=C(C(C)(C)C)N(c2ccccc2)C1=O. The molecule has 0 saturated heterocycles. The van der Waals surface area contributed by atoms with Crippen LogP contribution in [0.4, 0.5) is 5.69 Å². The molecule has 1 aromatic rings. The summed E-state index contributed by atoms with van der Waals surface area (Å²) in [5.74, 6) is 0.695. The van der Waals surface area contributed by atoms with E-state index in [4.69, 9.17) is 0 Å². The van der Waals surface area contributed by atoms with Crippen molar-refractivity contribution in [2.45, 2.75) is 34.6 Å². The molecule has 1 aliphatic heterocycles. The maximum Gasteiger partial charge on any atom is 0.282 e. The topological polar surface area (TPSA) is 32.7 Å². The lowest BCUT2D eigenvalue weighted by molar-refractivity contribution is -0.114. The van der Waals surface area contributed by atoms with Gasteiger partial charge in [-0.15, -0.1) is 0 Å². The maximum atomic E-state index is 12.8. The summed E-state index contributed by atoms with van der Waals surface area (Å²) in [7, 11) is 0. The zero-order valence-electron chi connectivity index (χ0n) is 13.4. The number of amides is 1. The Morgan fingerprint density at radius 3 is 2.19 bits per heavy atom. The molecule has 2 rings (SSSR count). The molecule has 0 N–H and O–H groups in total. The van der Waals surface area contributed by atoms with Crippen LogP contribution in [0.5, 0.6) is 0 Å².